The van der Waals surface area contributed by atoms with Gasteiger partial charge in [0.2, 0.25) is 0 Å². The van der Waals surface area contributed by atoms with Crippen molar-refractivity contribution in [3.8, 4) is 0 Å². The predicted molar refractivity (Wildman–Crippen MR) is 63.0 cm³/mol. The van der Waals surface area contributed by atoms with Crippen LogP contribution in [0.5, 0.6) is 0 Å². The van der Waals surface area contributed by atoms with Crippen LogP contribution in [0.1, 0.15) is 17.4 Å². The molecule has 0 bridgehead atoms. The number of nitrogens with zero attached hydrogens (tertiary/aromatic N) is 2. The van der Waals surface area contributed by atoms with E-state index in [0.29, 0.717) is 11.3 Å². The third kappa shape index (κ3) is 3.25. The van der Waals surface area contributed by atoms with E-state index in [1.807, 2.05) is 0 Å². The van der Waals surface area contributed by atoms with Gasteiger partial charge in [0.1, 0.15) is 0 Å². The Hall–Kier alpha value is -2.02. The van der Waals surface area contributed by atoms with E-state index in [2.05, 4.69) is 5.10 Å². The maximum absolute atomic E-state index is 12.4. The highest BCUT2D eigenvalue weighted by molar-refractivity contribution is 5.39. The Bertz CT molecular complexity index is 548. The Labute approximate surface area is 107 Å². The van der Waals surface area contributed by atoms with Gasteiger partial charge in [-0.3, -0.25) is 4.68 Å². The number of aliphatic hydroxyl groups excluding tert-OH is 1. The van der Waals surface area contributed by atoms with Gasteiger partial charge in [-0.05, 0) is 23.8 Å². The van der Waals surface area contributed by atoms with Gasteiger partial charge in [-0.15, -0.1) is 0 Å². The van der Waals surface area contributed by atoms with Crippen LogP contribution in [0.15, 0.2) is 36.5 Å². The molecule has 0 aliphatic rings. The lowest BCUT2D eigenvalue weighted by atomic mass is 10.1. The second-order valence-electron chi connectivity index (χ2n) is 4.10. The molecule has 7 heteroatoms. The molecule has 4 nitrogen and oxygen atoms in total. The number of hydrogen-bond acceptors (Lipinski definition) is 3. The van der Waals surface area contributed by atoms with Gasteiger partial charge in [0.15, 0.2) is 5.69 Å². The lowest BCUT2D eigenvalue weighted by Crippen LogP contribution is -2.12. The second kappa shape index (κ2) is 4.93. The van der Waals surface area contributed by atoms with Crippen molar-refractivity contribution in [2.45, 2.75) is 18.8 Å². The topological polar surface area (TPSA) is 64.1 Å². The number of aliphatic hydroxyl groups is 1. The van der Waals surface area contributed by atoms with E-state index in [4.69, 9.17) is 5.73 Å². The van der Waals surface area contributed by atoms with Crippen LogP contribution < -0.4 is 5.73 Å². The first-order valence-electron chi connectivity index (χ1n) is 5.50. The van der Waals surface area contributed by atoms with E-state index in [1.54, 1.807) is 24.3 Å². The quantitative estimate of drug-likeness (QED) is 0.841. The monoisotopic (exact) mass is 271 g/mol. The first-order chi connectivity index (χ1) is 8.86. The average molecular weight is 271 g/mol. The van der Waals surface area contributed by atoms with Crippen LogP contribution in [0.3, 0.4) is 0 Å². The highest BCUT2D eigenvalue weighted by atomic mass is 19.4. The van der Waals surface area contributed by atoms with Crippen molar-refractivity contribution in [2.75, 3.05) is 5.73 Å². The van der Waals surface area contributed by atoms with Crippen molar-refractivity contribution in [1.82, 2.24) is 9.78 Å². The Morgan fingerprint density at radius 3 is 2.37 bits per heavy atom. The minimum absolute atomic E-state index is 0.0556. The normalized spacial score (nSPS) is 13.5. The SMILES string of the molecule is Nc1ccc(C(O)Cn2ccc(C(F)(F)F)n2)cc1. The molecule has 0 spiro atoms. The summed E-state index contributed by atoms with van der Waals surface area (Å²) in [5.41, 5.74) is 5.65. The summed E-state index contributed by atoms with van der Waals surface area (Å²) in [5, 5.41) is 13.3. The summed E-state index contributed by atoms with van der Waals surface area (Å²) < 4.78 is 38.1. The molecule has 1 heterocycles. The van der Waals surface area contributed by atoms with Gasteiger partial charge < -0.3 is 10.8 Å². The lowest BCUT2D eigenvalue weighted by Gasteiger charge is -2.11. The molecule has 0 amide bonds. The first-order valence-corrected chi connectivity index (χ1v) is 5.50. The zero-order chi connectivity index (χ0) is 14.0. The molecular weight excluding hydrogens is 259 g/mol. The first kappa shape index (κ1) is 13.4. The molecule has 19 heavy (non-hydrogen) atoms. The van der Waals surface area contributed by atoms with E-state index >= 15 is 0 Å². The summed E-state index contributed by atoms with van der Waals surface area (Å²) in [4.78, 5) is 0. The van der Waals surface area contributed by atoms with Crippen LogP contribution in [0.2, 0.25) is 0 Å². The van der Waals surface area contributed by atoms with Crippen molar-refractivity contribution in [2.24, 2.45) is 0 Å². The van der Waals surface area contributed by atoms with Gasteiger partial charge in [0, 0.05) is 11.9 Å². The van der Waals surface area contributed by atoms with E-state index in [-0.39, 0.29) is 6.54 Å². The largest absolute Gasteiger partial charge is 0.435 e. The number of rotatable bonds is 3. The molecule has 1 unspecified atom stereocenters. The van der Waals surface area contributed by atoms with Crippen molar-refractivity contribution in [3.05, 3.63) is 47.8 Å². The highest BCUT2D eigenvalue weighted by Gasteiger charge is 2.33. The van der Waals surface area contributed by atoms with E-state index < -0.39 is 18.0 Å². The molecule has 1 aromatic heterocycles. The molecule has 102 valence electrons. The molecule has 2 rings (SSSR count). The minimum atomic E-state index is -4.47. The van der Waals surface area contributed by atoms with Crippen molar-refractivity contribution < 1.29 is 18.3 Å². The molecule has 3 N–H and O–H groups in total. The number of nitrogens with two attached hydrogens (primary N) is 1. The zero-order valence-corrected chi connectivity index (χ0v) is 9.80. The molecule has 1 atom stereocenters. The standard InChI is InChI=1S/C12H12F3N3O/c13-12(14,15)11-5-6-18(17-11)7-10(19)8-1-3-9(16)4-2-8/h1-6,10,19H,7,16H2. The lowest BCUT2D eigenvalue weighted by molar-refractivity contribution is -0.141. The number of aromatic nitrogens is 2. The van der Waals surface area contributed by atoms with Gasteiger partial charge in [-0.2, -0.15) is 18.3 Å². The zero-order valence-electron chi connectivity index (χ0n) is 9.80. The average Bonchev–Trinajstić information content (AvgIpc) is 2.78. The van der Waals surface area contributed by atoms with E-state index in [9.17, 15) is 18.3 Å². The molecule has 2 aromatic rings. The molecule has 0 aliphatic carbocycles. The Kier molecular flexibility index (Phi) is 3.48. The molecule has 0 saturated carbocycles. The predicted octanol–water partition coefficient (Wildman–Crippen LogP) is 2.22. The van der Waals surface area contributed by atoms with E-state index in [1.165, 1.54) is 6.20 Å². The number of hydrogen-bond donors (Lipinski definition) is 2. The van der Waals surface area contributed by atoms with Crippen molar-refractivity contribution >= 4 is 5.69 Å². The fraction of sp³-hybridized carbons (Fsp3) is 0.250. The molecule has 0 saturated heterocycles. The Morgan fingerprint density at radius 1 is 1.21 bits per heavy atom. The minimum Gasteiger partial charge on any atom is -0.399 e. The number of halogens is 3. The summed E-state index contributed by atoms with van der Waals surface area (Å²) in [6.07, 6.45) is -4.23. The third-order valence-electron chi connectivity index (χ3n) is 2.61. The van der Waals surface area contributed by atoms with Gasteiger partial charge in [0.05, 0.1) is 12.6 Å². The van der Waals surface area contributed by atoms with E-state index in [0.717, 1.165) is 10.7 Å². The van der Waals surface area contributed by atoms with Gasteiger partial charge >= 0.3 is 6.18 Å². The fourth-order valence-electron chi connectivity index (χ4n) is 1.62. The molecular formula is C12H12F3N3O. The maximum atomic E-state index is 12.4. The Morgan fingerprint density at radius 2 is 1.84 bits per heavy atom. The van der Waals surface area contributed by atoms with Crippen LogP contribution >= 0.6 is 0 Å². The summed E-state index contributed by atoms with van der Waals surface area (Å²) >= 11 is 0. The van der Waals surface area contributed by atoms with Crippen molar-refractivity contribution in [1.29, 1.82) is 0 Å². The summed E-state index contributed by atoms with van der Waals surface area (Å²) in [5.74, 6) is 0. The third-order valence-corrected chi connectivity index (χ3v) is 2.61. The van der Waals surface area contributed by atoms with Crippen LogP contribution in [-0.4, -0.2) is 14.9 Å². The summed E-state index contributed by atoms with van der Waals surface area (Å²) in [6, 6.07) is 7.34. The van der Waals surface area contributed by atoms with Gasteiger partial charge in [-0.1, -0.05) is 12.1 Å². The number of benzene rings is 1. The molecule has 0 radical (unpaired) electrons. The van der Waals surface area contributed by atoms with Crippen molar-refractivity contribution in [3.63, 3.8) is 0 Å². The van der Waals surface area contributed by atoms with Gasteiger partial charge in [0.25, 0.3) is 0 Å². The maximum Gasteiger partial charge on any atom is 0.435 e. The van der Waals surface area contributed by atoms with Crippen LogP contribution in [0.4, 0.5) is 18.9 Å². The second-order valence-corrected chi connectivity index (χ2v) is 4.10. The fourth-order valence-corrected chi connectivity index (χ4v) is 1.62. The smallest absolute Gasteiger partial charge is 0.399 e. The Balaban J connectivity index is 2.08. The molecule has 0 fully saturated rings. The molecule has 1 aromatic carbocycles. The number of nitrogen functional groups attached to an aromatic ring is 1. The summed E-state index contributed by atoms with van der Waals surface area (Å²) in [7, 11) is 0. The van der Waals surface area contributed by atoms with Crippen LogP contribution in [0.25, 0.3) is 0 Å². The van der Waals surface area contributed by atoms with Gasteiger partial charge in [-0.25, -0.2) is 0 Å². The molecule has 0 aliphatic heterocycles. The summed E-state index contributed by atoms with van der Waals surface area (Å²) in [6.45, 7) is -0.0556. The number of alkyl halides is 3. The highest BCUT2D eigenvalue weighted by Crippen LogP contribution is 2.27. The van der Waals surface area contributed by atoms with Crippen LogP contribution in [0, 0.1) is 0 Å². The van der Waals surface area contributed by atoms with Crippen LogP contribution in [-0.2, 0) is 12.7 Å². The number of anilines is 1.